The third kappa shape index (κ3) is 4.21. The largest absolute Gasteiger partial charge is 0.496 e. The summed E-state index contributed by atoms with van der Waals surface area (Å²) in [7, 11) is -0.549. The van der Waals surface area contributed by atoms with Crippen molar-refractivity contribution < 1.29 is 22.7 Å². The van der Waals surface area contributed by atoms with Gasteiger partial charge in [-0.15, -0.1) is 0 Å². The molecule has 0 unspecified atom stereocenters. The summed E-state index contributed by atoms with van der Waals surface area (Å²) in [5, 5.41) is 0. The predicted octanol–water partition coefficient (Wildman–Crippen LogP) is 3.39. The van der Waals surface area contributed by atoms with Gasteiger partial charge in [-0.25, -0.2) is 8.42 Å². The minimum absolute atomic E-state index is 0.169. The molecule has 0 aliphatic carbocycles. The molecule has 1 amide bonds. The van der Waals surface area contributed by atoms with E-state index in [4.69, 9.17) is 9.47 Å². The number of nitrogens with zero attached hydrogens (tertiary/aromatic N) is 2. The lowest BCUT2D eigenvalue weighted by Gasteiger charge is -2.35. The van der Waals surface area contributed by atoms with Crippen molar-refractivity contribution >= 4 is 15.9 Å². The fourth-order valence-corrected chi connectivity index (χ4v) is 6.22. The van der Waals surface area contributed by atoms with Crippen molar-refractivity contribution in [2.45, 2.75) is 39.5 Å². The van der Waals surface area contributed by atoms with Crippen LogP contribution >= 0.6 is 0 Å². The zero-order valence-corrected chi connectivity index (χ0v) is 20.7. The molecule has 8 heteroatoms. The number of hydrogen-bond acceptors (Lipinski definition) is 5. The van der Waals surface area contributed by atoms with E-state index in [1.165, 1.54) is 4.31 Å². The summed E-state index contributed by atoms with van der Waals surface area (Å²) >= 11 is 0. The maximum absolute atomic E-state index is 13.5. The molecule has 0 saturated carbocycles. The Morgan fingerprint density at radius 3 is 1.69 bits per heavy atom. The van der Waals surface area contributed by atoms with Gasteiger partial charge in [0, 0.05) is 37.3 Å². The fraction of sp³-hybridized carbons (Fsp3) is 0.458. The van der Waals surface area contributed by atoms with E-state index in [9.17, 15) is 13.2 Å². The maximum Gasteiger partial charge on any atom is 0.254 e. The van der Waals surface area contributed by atoms with Crippen LogP contribution in [0, 0.1) is 34.6 Å². The average molecular weight is 461 g/mol. The second-order valence-electron chi connectivity index (χ2n) is 8.29. The van der Waals surface area contributed by atoms with Crippen molar-refractivity contribution in [2.75, 3.05) is 40.4 Å². The van der Waals surface area contributed by atoms with E-state index in [1.807, 2.05) is 40.7 Å². The molecule has 2 aromatic carbocycles. The number of amides is 1. The first-order valence-corrected chi connectivity index (χ1v) is 12.1. The Bertz CT molecular complexity index is 1100. The van der Waals surface area contributed by atoms with Gasteiger partial charge in [0.25, 0.3) is 5.91 Å². The lowest BCUT2D eigenvalue weighted by atomic mass is 10.0. The Kier molecular flexibility index (Phi) is 6.86. The normalized spacial score (nSPS) is 15.0. The minimum atomic E-state index is -3.65. The molecule has 0 N–H and O–H groups in total. The quantitative estimate of drug-likeness (QED) is 0.684. The van der Waals surface area contributed by atoms with Crippen molar-refractivity contribution in [3.63, 3.8) is 0 Å². The Labute approximate surface area is 191 Å². The number of rotatable bonds is 5. The van der Waals surface area contributed by atoms with Crippen LogP contribution in [0.3, 0.4) is 0 Å². The zero-order valence-electron chi connectivity index (χ0n) is 19.9. The van der Waals surface area contributed by atoms with E-state index in [1.54, 1.807) is 31.3 Å². The molecule has 1 fully saturated rings. The van der Waals surface area contributed by atoms with E-state index in [-0.39, 0.29) is 19.0 Å². The molecule has 3 rings (SSSR count). The Balaban J connectivity index is 1.82. The Morgan fingerprint density at radius 1 is 0.781 bits per heavy atom. The van der Waals surface area contributed by atoms with Gasteiger partial charge in [-0.3, -0.25) is 4.79 Å². The van der Waals surface area contributed by atoms with Crippen molar-refractivity contribution in [3.8, 4) is 11.5 Å². The molecule has 32 heavy (non-hydrogen) atoms. The van der Waals surface area contributed by atoms with Gasteiger partial charge >= 0.3 is 0 Å². The van der Waals surface area contributed by atoms with Crippen LogP contribution in [0.2, 0.25) is 0 Å². The molecule has 174 valence electrons. The molecule has 1 saturated heterocycles. The number of aryl methyl sites for hydroxylation is 2. The number of sulfonamides is 1. The van der Waals surface area contributed by atoms with Crippen LogP contribution in [0.1, 0.15) is 38.2 Å². The summed E-state index contributed by atoms with van der Waals surface area (Å²) in [6.07, 6.45) is 0. The maximum atomic E-state index is 13.5. The molecule has 0 spiro atoms. The minimum Gasteiger partial charge on any atom is -0.496 e. The topological polar surface area (TPSA) is 76.2 Å². The molecule has 2 aromatic rings. The number of carbonyl (C=O) groups is 1. The summed E-state index contributed by atoms with van der Waals surface area (Å²) in [5.41, 5.74) is 4.77. The first-order valence-electron chi connectivity index (χ1n) is 10.6. The van der Waals surface area contributed by atoms with Crippen LogP contribution in [0.4, 0.5) is 0 Å². The highest BCUT2D eigenvalue weighted by molar-refractivity contribution is 7.89. The first-order chi connectivity index (χ1) is 15.0. The molecule has 7 nitrogen and oxygen atoms in total. The van der Waals surface area contributed by atoms with Crippen LogP contribution < -0.4 is 9.47 Å². The van der Waals surface area contributed by atoms with Crippen LogP contribution in [0.15, 0.2) is 23.1 Å². The monoisotopic (exact) mass is 460 g/mol. The van der Waals surface area contributed by atoms with Crippen molar-refractivity contribution in [1.82, 2.24) is 9.21 Å². The van der Waals surface area contributed by atoms with Gasteiger partial charge in [0.05, 0.1) is 19.1 Å². The lowest BCUT2D eigenvalue weighted by molar-refractivity contribution is 0.0697. The second-order valence-corrected chi connectivity index (χ2v) is 10.2. The molecular weight excluding hydrogens is 428 g/mol. The number of hydrogen-bond donors (Lipinski definition) is 0. The summed E-state index contributed by atoms with van der Waals surface area (Å²) < 4.78 is 39.2. The van der Waals surface area contributed by atoms with Gasteiger partial charge in [-0.1, -0.05) is 6.07 Å². The Hall–Kier alpha value is -2.58. The van der Waals surface area contributed by atoms with E-state index in [0.717, 1.165) is 27.8 Å². The summed E-state index contributed by atoms with van der Waals surface area (Å²) in [6, 6.07) is 5.42. The molecule has 0 atom stereocenters. The van der Waals surface area contributed by atoms with Gasteiger partial charge in [0.2, 0.25) is 10.0 Å². The van der Waals surface area contributed by atoms with Gasteiger partial charge in [0.15, 0.2) is 0 Å². The standard InChI is InChI=1S/C24H32N2O5S/c1-15-12-16(2)18(4)23(17(15)3)32(28,29)26-10-8-25(9-11-26)24(27)20-13-21(30-6)19(5)22(14-20)31-7/h12-14H,8-11H2,1-7H3. The van der Waals surface area contributed by atoms with Gasteiger partial charge in [0.1, 0.15) is 11.5 Å². The van der Waals surface area contributed by atoms with Crippen LogP contribution in [-0.4, -0.2) is 63.9 Å². The van der Waals surface area contributed by atoms with Gasteiger partial charge in [-0.2, -0.15) is 4.31 Å². The summed E-state index contributed by atoms with van der Waals surface area (Å²) in [4.78, 5) is 15.2. The molecule has 0 aromatic heterocycles. The number of piperazine rings is 1. The van der Waals surface area contributed by atoms with Crippen molar-refractivity contribution in [2.24, 2.45) is 0 Å². The number of ether oxygens (including phenoxy) is 2. The van der Waals surface area contributed by atoms with Crippen molar-refractivity contribution in [1.29, 1.82) is 0 Å². The van der Waals surface area contributed by atoms with Crippen molar-refractivity contribution in [3.05, 3.63) is 51.6 Å². The SMILES string of the molecule is COc1cc(C(=O)N2CCN(S(=O)(=O)c3c(C)c(C)cc(C)c3C)CC2)cc(OC)c1C. The fourth-order valence-electron chi connectivity index (χ4n) is 4.22. The highest BCUT2D eigenvalue weighted by Gasteiger charge is 2.33. The van der Waals surface area contributed by atoms with Crippen LogP contribution in [0.5, 0.6) is 11.5 Å². The zero-order chi connectivity index (χ0) is 23.8. The smallest absolute Gasteiger partial charge is 0.254 e. The van der Waals surface area contributed by atoms with Crippen LogP contribution in [0.25, 0.3) is 0 Å². The van der Waals surface area contributed by atoms with E-state index in [0.29, 0.717) is 35.0 Å². The highest BCUT2D eigenvalue weighted by atomic mass is 32.2. The summed E-state index contributed by atoms with van der Waals surface area (Å²) in [6.45, 7) is 10.6. The lowest BCUT2D eigenvalue weighted by Crippen LogP contribution is -2.50. The average Bonchev–Trinajstić information content (AvgIpc) is 2.77. The van der Waals surface area contributed by atoms with E-state index < -0.39 is 10.0 Å². The molecule has 0 bridgehead atoms. The first kappa shape index (κ1) is 24.1. The molecule has 1 aliphatic heterocycles. The van der Waals surface area contributed by atoms with Gasteiger partial charge in [-0.05, 0) is 69.0 Å². The Morgan fingerprint density at radius 2 is 1.25 bits per heavy atom. The third-order valence-electron chi connectivity index (χ3n) is 6.42. The molecule has 1 aliphatic rings. The van der Waals surface area contributed by atoms with E-state index in [2.05, 4.69) is 0 Å². The van der Waals surface area contributed by atoms with E-state index >= 15 is 0 Å². The second kappa shape index (κ2) is 9.11. The molecule has 0 radical (unpaired) electrons. The predicted molar refractivity (Wildman–Crippen MR) is 124 cm³/mol. The summed E-state index contributed by atoms with van der Waals surface area (Å²) in [5.74, 6) is 0.988. The number of carbonyl (C=O) groups excluding carboxylic acids is 1. The molecular formula is C24H32N2O5S. The highest BCUT2D eigenvalue weighted by Crippen LogP contribution is 2.31. The molecule has 1 heterocycles. The third-order valence-corrected chi connectivity index (χ3v) is 8.59. The number of benzene rings is 2. The van der Waals surface area contributed by atoms with Gasteiger partial charge < -0.3 is 14.4 Å². The van der Waals surface area contributed by atoms with Crippen LogP contribution in [-0.2, 0) is 10.0 Å². The number of methoxy groups -OCH3 is 2.